The summed E-state index contributed by atoms with van der Waals surface area (Å²) in [5, 5.41) is 4.45. The molecule has 96 valence electrons. The van der Waals surface area contributed by atoms with Crippen LogP contribution in [0.1, 0.15) is 23.9 Å². The largest absolute Gasteiger partial charge is 0.487 e. The molecule has 0 aliphatic carbocycles. The van der Waals surface area contributed by atoms with Gasteiger partial charge in [-0.05, 0) is 48.3 Å². The van der Waals surface area contributed by atoms with Crippen molar-refractivity contribution in [2.45, 2.75) is 33.9 Å². The molecule has 0 N–H and O–H groups in total. The second-order valence-electron chi connectivity index (χ2n) is 4.22. The Kier molecular flexibility index (Phi) is 4.07. The zero-order valence-corrected chi connectivity index (χ0v) is 12.5. The molecule has 1 aromatic carbocycles. The zero-order valence-electron chi connectivity index (χ0n) is 10.9. The van der Waals surface area contributed by atoms with E-state index < -0.39 is 0 Å². The highest BCUT2D eigenvalue weighted by Crippen LogP contribution is 2.24. The monoisotopic (exact) mass is 308 g/mol. The molecule has 4 heteroatoms. The van der Waals surface area contributed by atoms with Crippen LogP contribution in [0, 0.1) is 13.8 Å². The fraction of sp³-hybridized carbons (Fsp3) is 0.357. The van der Waals surface area contributed by atoms with E-state index in [1.165, 1.54) is 0 Å². The van der Waals surface area contributed by atoms with Crippen LogP contribution in [-0.2, 0) is 13.2 Å². The molecule has 0 amide bonds. The van der Waals surface area contributed by atoms with Gasteiger partial charge >= 0.3 is 0 Å². The zero-order chi connectivity index (χ0) is 13.1. The van der Waals surface area contributed by atoms with Gasteiger partial charge in [0, 0.05) is 6.54 Å². The van der Waals surface area contributed by atoms with E-state index in [9.17, 15) is 0 Å². The van der Waals surface area contributed by atoms with Crippen LogP contribution < -0.4 is 4.74 Å². The van der Waals surface area contributed by atoms with Gasteiger partial charge in [0.1, 0.15) is 12.4 Å². The highest BCUT2D eigenvalue weighted by Gasteiger charge is 2.12. The van der Waals surface area contributed by atoms with Gasteiger partial charge in [-0.15, -0.1) is 0 Å². The van der Waals surface area contributed by atoms with E-state index in [1.807, 2.05) is 42.8 Å². The number of halogens is 1. The van der Waals surface area contributed by atoms with Gasteiger partial charge in [0.25, 0.3) is 0 Å². The van der Waals surface area contributed by atoms with E-state index in [4.69, 9.17) is 4.74 Å². The van der Waals surface area contributed by atoms with Gasteiger partial charge in [-0.25, -0.2) is 0 Å². The Bertz CT molecular complexity index is 549. The molecule has 2 rings (SSSR count). The minimum atomic E-state index is 0.528. The van der Waals surface area contributed by atoms with Crippen LogP contribution in [-0.4, -0.2) is 9.78 Å². The van der Waals surface area contributed by atoms with Crippen LogP contribution in [0.4, 0.5) is 0 Å². The van der Waals surface area contributed by atoms with E-state index in [-0.39, 0.29) is 0 Å². The molecule has 0 fully saturated rings. The normalized spacial score (nSPS) is 10.7. The molecule has 1 aromatic heterocycles. The van der Waals surface area contributed by atoms with Gasteiger partial charge < -0.3 is 4.74 Å². The van der Waals surface area contributed by atoms with Crippen molar-refractivity contribution in [3.05, 3.63) is 45.7 Å². The lowest BCUT2D eigenvalue weighted by Crippen LogP contribution is -2.07. The molecular formula is C14H17BrN2O. The summed E-state index contributed by atoms with van der Waals surface area (Å²) in [7, 11) is 0. The van der Waals surface area contributed by atoms with Gasteiger partial charge in [-0.1, -0.05) is 18.2 Å². The second-order valence-corrected chi connectivity index (χ2v) is 5.01. The number of para-hydroxylation sites is 1. The van der Waals surface area contributed by atoms with E-state index >= 15 is 0 Å². The predicted molar refractivity (Wildman–Crippen MR) is 75.8 cm³/mol. The van der Waals surface area contributed by atoms with Gasteiger partial charge in [0.05, 0.1) is 15.9 Å². The van der Waals surface area contributed by atoms with Crippen molar-refractivity contribution in [3.63, 3.8) is 0 Å². The summed E-state index contributed by atoms with van der Waals surface area (Å²) in [4.78, 5) is 0. The van der Waals surface area contributed by atoms with E-state index in [2.05, 4.69) is 28.0 Å². The molecule has 0 aliphatic heterocycles. The van der Waals surface area contributed by atoms with Crippen molar-refractivity contribution in [1.82, 2.24) is 9.78 Å². The van der Waals surface area contributed by atoms with Crippen LogP contribution in [0.5, 0.6) is 5.75 Å². The summed E-state index contributed by atoms with van der Waals surface area (Å²) in [6.45, 7) is 7.50. The maximum atomic E-state index is 5.87. The number of hydrogen-bond acceptors (Lipinski definition) is 2. The third kappa shape index (κ3) is 2.58. The highest BCUT2D eigenvalue weighted by molar-refractivity contribution is 9.10. The van der Waals surface area contributed by atoms with Crippen LogP contribution in [0.15, 0.2) is 28.7 Å². The Labute approximate surface area is 116 Å². The number of nitrogens with zero attached hydrogens (tertiary/aromatic N) is 2. The standard InChI is InChI=1S/C14H17BrN2O/c1-4-17-12(14(15)11(3)16-17)9-18-13-8-6-5-7-10(13)2/h5-8H,4,9H2,1-3H3. The number of aryl methyl sites for hydroxylation is 3. The molecule has 0 bridgehead atoms. The van der Waals surface area contributed by atoms with Crippen molar-refractivity contribution >= 4 is 15.9 Å². The Balaban J connectivity index is 2.18. The van der Waals surface area contributed by atoms with E-state index in [0.717, 1.165) is 33.7 Å². The van der Waals surface area contributed by atoms with Crippen LogP contribution in [0.3, 0.4) is 0 Å². The number of aromatic nitrogens is 2. The first kappa shape index (κ1) is 13.1. The lowest BCUT2D eigenvalue weighted by atomic mass is 10.2. The molecule has 0 saturated carbocycles. The molecule has 0 spiro atoms. The van der Waals surface area contributed by atoms with Crippen LogP contribution >= 0.6 is 15.9 Å². The minimum absolute atomic E-state index is 0.528. The summed E-state index contributed by atoms with van der Waals surface area (Å²) >= 11 is 3.57. The molecule has 18 heavy (non-hydrogen) atoms. The Morgan fingerprint density at radius 2 is 2.00 bits per heavy atom. The molecule has 0 saturated heterocycles. The summed E-state index contributed by atoms with van der Waals surface area (Å²) in [5.41, 5.74) is 3.23. The molecule has 1 heterocycles. The molecule has 0 radical (unpaired) electrons. The minimum Gasteiger partial charge on any atom is -0.487 e. The number of ether oxygens (including phenoxy) is 1. The average molecular weight is 309 g/mol. The fourth-order valence-electron chi connectivity index (χ4n) is 1.87. The number of benzene rings is 1. The van der Waals surface area contributed by atoms with Gasteiger partial charge in [0.2, 0.25) is 0 Å². The van der Waals surface area contributed by atoms with Crippen LogP contribution in [0.2, 0.25) is 0 Å². The molecule has 0 aliphatic rings. The Hall–Kier alpha value is -1.29. The maximum Gasteiger partial charge on any atom is 0.131 e. The third-order valence-corrected chi connectivity index (χ3v) is 3.94. The smallest absolute Gasteiger partial charge is 0.131 e. The number of hydrogen-bond donors (Lipinski definition) is 0. The SMILES string of the molecule is CCn1nc(C)c(Br)c1COc1ccccc1C. The quantitative estimate of drug-likeness (QED) is 0.857. The highest BCUT2D eigenvalue weighted by atomic mass is 79.9. The van der Waals surface area contributed by atoms with Crippen molar-refractivity contribution < 1.29 is 4.74 Å². The van der Waals surface area contributed by atoms with Gasteiger partial charge in [0.15, 0.2) is 0 Å². The topological polar surface area (TPSA) is 27.1 Å². The average Bonchev–Trinajstić information content (AvgIpc) is 2.65. The van der Waals surface area contributed by atoms with Crippen molar-refractivity contribution in [1.29, 1.82) is 0 Å². The Morgan fingerprint density at radius 3 is 2.67 bits per heavy atom. The second kappa shape index (κ2) is 5.57. The molecule has 0 atom stereocenters. The first-order valence-electron chi connectivity index (χ1n) is 6.03. The van der Waals surface area contributed by atoms with E-state index in [0.29, 0.717) is 6.61 Å². The summed E-state index contributed by atoms with van der Waals surface area (Å²) in [6, 6.07) is 8.04. The lowest BCUT2D eigenvalue weighted by Gasteiger charge is -2.10. The molecule has 2 aromatic rings. The van der Waals surface area contributed by atoms with E-state index in [1.54, 1.807) is 0 Å². The van der Waals surface area contributed by atoms with Crippen molar-refractivity contribution in [2.75, 3.05) is 0 Å². The molecule has 0 unspecified atom stereocenters. The fourth-order valence-corrected chi connectivity index (χ4v) is 2.27. The van der Waals surface area contributed by atoms with Crippen LogP contribution in [0.25, 0.3) is 0 Å². The molecule has 3 nitrogen and oxygen atoms in total. The number of rotatable bonds is 4. The Morgan fingerprint density at radius 1 is 1.28 bits per heavy atom. The van der Waals surface area contributed by atoms with Gasteiger partial charge in [-0.3, -0.25) is 4.68 Å². The predicted octanol–water partition coefficient (Wildman–Crippen LogP) is 3.86. The summed E-state index contributed by atoms with van der Waals surface area (Å²) in [5.74, 6) is 0.922. The van der Waals surface area contributed by atoms with Crippen molar-refractivity contribution in [3.8, 4) is 5.75 Å². The lowest BCUT2D eigenvalue weighted by molar-refractivity contribution is 0.290. The first-order valence-corrected chi connectivity index (χ1v) is 6.83. The maximum absolute atomic E-state index is 5.87. The van der Waals surface area contributed by atoms with Gasteiger partial charge in [-0.2, -0.15) is 5.10 Å². The summed E-state index contributed by atoms with van der Waals surface area (Å²) < 4.78 is 8.88. The summed E-state index contributed by atoms with van der Waals surface area (Å²) in [6.07, 6.45) is 0. The van der Waals surface area contributed by atoms with Crippen molar-refractivity contribution in [2.24, 2.45) is 0 Å². The third-order valence-electron chi connectivity index (χ3n) is 2.91. The molecular weight excluding hydrogens is 292 g/mol. The first-order chi connectivity index (χ1) is 8.63.